The van der Waals surface area contributed by atoms with Crippen molar-refractivity contribution >= 4 is 15.9 Å². The molecule has 2 saturated carbocycles. The smallest absolute Gasteiger partial charge is 0.0178 e. The lowest BCUT2D eigenvalue weighted by molar-refractivity contribution is 0.349. The molecule has 2 fully saturated rings. The Kier molecular flexibility index (Phi) is 3.27. The molecular formula is C15H20BrN. The van der Waals surface area contributed by atoms with Crippen molar-refractivity contribution in [2.24, 2.45) is 17.8 Å². The molecule has 92 valence electrons. The van der Waals surface area contributed by atoms with Gasteiger partial charge in [0.05, 0.1) is 0 Å². The lowest BCUT2D eigenvalue weighted by atomic mass is 9.90. The third-order valence-electron chi connectivity index (χ3n) is 4.56. The Bertz CT molecular complexity index is 394. The maximum atomic E-state index is 3.55. The molecule has 0 amide bonds. The summed E-state index contributed by atoms with van der Waals surface area (Å²) in [5.74, 6) is 3.07. The molecular weight excluding hydrogens is 274 g/mol. The molecule has 0 radical (unpaired) electrons. The summed E-state index contributed by atoms with van der Waals surface area (Å²) in [5.41, 5.74) is 1.44. The Morgan fingerprint density at radius 1 is 1.29 bits per heavy atom. The van der Waals surface area contributed by atoms with Crippen molar-refractivity contribution in [2.45, 2.75) is 31.7 Å². The third-order valence-corrected chi connectivity index (χ3v) is 5.06. The van der Waals surface area contributed by atoms with Crippen LogP contribution in [0.2, 0.25) is 0 Å². The van der Waals surface area contributed by atoms with E-state index in [1.54, 1.807) is 0 Å². The van der Waals surface area contributed by atoms with Gasteiger partial charge in [-0.15, -0.1) is 0 Å². The molecule has 0 aromatic heterocycles. The van der Waals surface area contributed by atoms with Crippen LogP contribution in [-0.4, -0.2) is 13.1 Å². The maximum Gasteiger partial charge on any atom is 0.0178 e. The van der Waals surface area contributed by atoms with E-state index in [1.807, 2.05) is 0 Å². The highest BCUT2D eigenvalue weighted by Gasteiger charge is 2.47. The van der Waals surface area contributed by atoms with E-state index < -0.39 is 0 Å². The molecule has 3 rings (SSSR count). The average molecular weight is 294 g/mol. The fourth-order valence-corrected chi connectivity index (χ4v) is 3.96. The standard InChI is InChI=1S/C15H20BrN/c1-17-15(13-8-11-7-12(11)9-13)6-10-3-2-4-14(16)5-10/h2-5,11-13,15,17H,6-9H2,1H3. The van der Waals surface area contributed by atoms with E-state index in [0.717, 1.165) is 17.8 Å². The topological polar surface area (TPSA) is 12.0 Å². The van der Waals surface area contributed by atoms with E-state index in [4.69, 9.17) is 0 Å². The molecule has 3 unspecified atom stereocenters. The molecule has 1 aromatic rings. The molecule has 1 N–H and O–H groups in total. The van der Waals surface area contributed by atoms with Crippen molar-refractivity contribution < 1.29 is 0 Å². The SMILES string of the molecule is CNC(Cc1cccc(Br)c1)C1CC2CC2C1. The second kappa shape index (κ2) is 4.74. The Balaban J connectivity index is 1.65. The summed E-state index contributed by atoms with van der Waals surface area (Å²) in [5, 5.41) is 3.54. The van der Waals surface area contributed by atoms with Crippen LogP contribution in [0.15, 0.2) is 28.7 Å². The van der Waals surface area contributed by atoms with E-state index in [0.29, 0.717) is 6.04 Å². The average Bonchev–Trinajstić information content (AvgIpc) is 2.93. The van der Waals surface area contributed by atoms with Crippen LogP contribution in [0.25, 0.3) is 0 Å². The van der Waals surface area contributed by atoms with Gasteiger partial charge in [-0.05, 0) is 68.2 Å². The fourth-order valence-electron chi connectivity index (χ4n) is 3.51. The molecule has 2 aliphatic carbocycles. The summed E-state index contributed by atoms with van der Waals surface area (Å²) in [6, 6.07) is 9.39. The molecule has 0 bridgehead atoms. The first kappa shape index (κ1) is 11.7. The highest BCUT2D eigenvalue weighted by atomic mass is 79.9. The van der Waals surface area contributed by atoms with Crippen LogP contribution in [0.5, 0.6) is 0 Å². The lowest BCUT2D eigenvalue weighted by Gasteiger charge is -2.24. The minimum atomic E-state index is 0.664. The Hall–Kier alpha value is -0.340. The van der Waals surface area contributed by atoms with Crippen molar-refractivity contribution in [2.75, 3.05) is 7.05 Å². The van der Waals surface area contributed by atoms with Crippen molar-refractivity contribution in [3.05, 3.63) is 34.3 Å². The van der Waals surface area contributed by atoms with Crippen LogP contribution < -0.4 is 5.32 Å². The van der Waals surface area contributed by atoms with Gasteiger partial charge in [0.1, 0.15) is 0 Å². The summed E-state index contributed by atoms with van der Waals surface area (Å²) in [6.07, 6.45) is 5.61. The molecule has 0 heterocycles. The predicted molar refractivity (Wildman–Crippen MR) is 75.0 cm³/mol. The zero-order valence-corrected chi connectivity index (χ0v) is 11.9. The van der Waals surface area contributed by atoms with Gasteiger partial charge in [0, 0.05) is 10.5 Å². The fraction of sp³-hybridized carbons (Fsp3) is 0.600. The summed E-state index contributed by atoms with van der Waals surface area (Å²) in [4.78, 5) is 0. The molecule has 1 nitrogen and oxygen atoms in total. The number of rotatable bonds is 4. The van der Waals surface area contributed by atoms with Gasteiger partial charge in [-0.3, -0.25) is 0 Å². The Morgan fingerprint density at radius 3 is 2.71 bits per heavy atom. The number of halogens is 1. The van der Waals surface area contributed by atoms with E-state index in [1.165, 1.54) is 35.7 Å². The van der Waals surface area contributed by atoms with Crippen molar-refractivity contribution in [3.8, 4) is 0 Å². The minimum Gasteiger partial charge on any atom is -0.316 e. The minimum absolute atomic E-state index is 0.664. The van der Waals surface area contributed by atoms with Crippen LogP contribution in [0.4, 0.5) is 0 Å². The van der Waals surface area contributed by atoms with Crippen molar-refractivity contribution in [1.29, 1.82) is 0 Å². The highest BCUT2D eigenvalue weighted by molar-refractivity contribution is 9.10. The molecule has 1 aromatic carbocycles. The van der Waals surface area contributed by atoms with Gasteiger partial charge in [0.2, 0.25) is 0 Å². The van der Waals surface area contributed by atoms with E-state index >= 15 is 0 Å². The van der Waals surface area contributed by atoms with Gasteiger partial charge in [-0.2, -0.15) is 0 Å². The van der Waals surface area contributed by atoms with Gasteiger partial charge in [0.15, 0.2) is 0 Å². The number of likely N-dealkylation sites (N-methyl/N-ethyl adjacent to an activating group) is 1. The maximum absolute atomic E-state index is 3.55. The van der Waals surface area contributed by atoms with Gasteiger partial charge >= 0.3 is 0 Å². The van der Waals surface area contributed by atoms with Gasteiger partial charge < -0.3 is 5.32 Å². The second-order valence-corrected chi connectivity index (χ2v) is 6.63. The van der Waals surface area contributed by atoms with Crippen molar-refractivity contribution in [3.63, 3.8) is 0 Å². The number of nitrogens with one attached hydrogen (secondary N) is 1. The van der Waals surface area contributed by atoms with Crippen LogP contribution in [0, 0.1) is 17.8 Å². The molecule has 0 spiro atoms. The first-order valence-corrected chi connectivity index (χ1v) is 7.47. The third kappa shape index (κ3) is 2.58. The summed E-state index contributed by atoms with van der Waals surface area (Å²) < 4.78 is 1.19. The summed E-state index contributed by atoms with van der Waals surface area (Å²) >= 11 is 3.55. The van der Waals surface area contributed by atoms with Crippen LogP contribution >= 0.6 is 15.9 Å². The molecule has 0 saturated heterocycles. The molecule has 2 aliphatic rings. The van der Waals surface area contributed by atoms with Crippen LogP contribution in [-0.2, 0) is 6.42 Å². The summed E-state index contributed by atoms with van der Waals surface area (Å²) in [7, 11) is 2.12. The number of hydrogen-bond donors (Lipinski definition) is 1. The Morgan fingerprint density at radius 2 is 2.06 bits per heavy atom. The molecule has 0 aliphatic heterocycles. The van der Waals surface area contributed by atoms with Gasteiger partial charge in [-0.1, -0.05) is 28.1 Å². The number of benzene rings is 1. The van der Waals surface area contributed by atoms with E-state index in [9.17, 15) is 0 Å². The second-order valence-electron chi connectivity index (χ2n) is 5.72. The molecule has 17 heavy (non-hydrogen) atoms. The monoisotopic (exact) mass is 293 g/mol. The first-order chi connectivity index (χ1) is 8.26. The van der Waals surface area contributed by atoms with E-state index in [-0.39, 0.29) is 0 Å². The zero-order chi connectivity index (χ0) is 11.8. The van der Waals surface area contributed by atoms with Crippen molar-refractivity contribution in [1.82, 2.24) is 5.32 Å². The van der Waals surface area contributed by atoms with Crippen LogP contribution in [0.1, 0.15) is 24.8 Å². The largest absolute Gasteiger partial charge is 0.316 e. The zero-order valence-electron chi connectivity index (χ0n) is 10.3. The summed E-state index contributed by atoms with van der Waals surface area (Å²) in [6.45, 7) is 0. The lowest BCUT2D eigenvalue weighted by Crippen LogP contribution is -2.35. The van der Waals surface area contributed by atoms with Crippen LogP contribution in [0.3, 0.4) is 0 Å². The predicted octanol–water partition coefficient (Wildman–Crippen LogP) is 3.63. The number of fused-ring (bicyclic) bond motifs is 1. The quantitative estimate of drug-likeness (QED) is 0.894. The van der Waals surface area contributed by atoms with Gasteiger partial charge in [-0.25, -0.2) is 0 Å². The van der Waals surface area contributed by atoms with Gasteiger partial charge in [0.25, 0.3) is 0 Å². The highest BCUT2D eigenvalue weighted by Crippen LogP contribution is 2.55. The van der Waals surface area contributed by atoms with E-state index in [2.05, 4.69) is 52.6 Å². The normalized spacial score (nSPS) is 32.2. The molecule has 3 atom stereocenters. The number of hydrogen-bond acceptors (Lipinski definition) is 1. The molecule has 2 heteroatoms. The first-order valence-electron chi connectivity index (χ1n) is 6.68. The Labute approximate surface area is 112 Å².